The van der Waals surface area contributed by atoms with Crippen LogP contribution in [-0.2, 0) is 73.8 Å². The van der Waals surface area contributed by atoms with Crippen molar-refractivity contribution in [2.45, 2.75) is 114 Å². The number of nitrogens with zero attached hydrogens (tertiary/aromatic N) is 8. The fraction of sp³-hybridized carbons (Fsp3) is 0.451. The summed E-state index contributed by atoms with van der Waals surface area (Å²) in [5.41, 5.74) is -6.27. The van der Waals surface area contributed by atoms with Crippen molar-refractivity contribution in [3.8, 4) is 23.0 Å². The van der Waals surface area contributed by atoms with Gasteiger partial charge in [0.25, 0.3) is 23.6 Å². The second-order valence-electron chi connectivity index (χ2n) is 24.5. The average molecular weight is 1630 g/mol. The molecule has 106 heavy (non-hydrogen) atoms. The van der Waals surface area contributed by atoms with Gasteiger partial charge in [0.1, 0.15) is 59.2 Å². The molecule has 2 aromatic carbocycles. The summed E-state index contributed by atoms with van der Waals surface area (Å²) >= 11 is 0.760. The minimum absolute atomic E-state index is 0. The van der Waals surface area contributed by atoms with Gasteiger partial charge in [0, 0.05) is 160 Å². The number of piperidine rings is 2. The number of benzene rings is 2. The van der Waals surface area contributed by atoms with Gasteiger partial charge < -0.3 is 65.2 Å². The van der Waals surface area contributed by atoms with Gasteiger partial charge >= 0.3 is 36.6 Å². The molecule has 0 unspecified atom stereocenters. The summed E-state index contributed by atoms with van der Waals surface area (Å²) in [4.78, 5) is 94.7. The Labute approximate surface area is 625 Å². The molecular formula is C71H77F12N8O12PdS2-. The van der Waals surface area contributed by atoms with Gasteiger partial charge in [-0.25, -0.2) is 0 Å². The van der Waals surface area contributed by atoms with Crippen LogP contribution in [0.2, 0.25) is 0 Å². The first-order valence-electron chi connectivity index (χ1n) is 33.0. The van der Waals surface area contributed by atoms with Crippen molar-refractivity contribution < 1.29 is 130 Å². The molecule has 35 heteroatoms. The summed E-state index contributed by atoms with van der Waals surface area (Å²) in [5.74, 6) is -3.56. The maximum absolute atomic E-state index is 14.8. The number of amides is 4. The number of aromatic nitrogens is 2. The van der Waals surface area contributed by atoms with Gasteiger partial charge in [-0.15, -0.1) is 29.3 Å². The zero-order valence-electron chi connectivity index (χ0n) is 57.8. The maximum Gasteiger partial charge on any atom is 0.425 e. The molecule has 4 amide bonds. The van der Waals surface area contributed by atoms with Crippen LogP contribution in [0.5, 0.6) is 23.0 Å². The van der Waals surface area contributed by atoms with Crippen LogP contribution in [0.4, 0.5) is 64.1 Å². The zero-order valence-corrected chi connectivity index (χ0v) is 61.0. The molecule has 4 aliphatic heterocycles. The molecule has 6 aromatic rings. The van der Waals surface area contributed by atoms with E-state index >= 15 is 0 Å². The van der Waals surface area contributed by atoms with Crippen LogP contribution in [0, 0.1) is 7.43 Å². The van der Waals surface area contributed by atoms with Crippen molar-refractivity contribution in [1.29, 1.82) is 0 Å². The number of carbonyl (C=O) groups is 6. The van der Waals surface area contributed by atoms with Gasteiger partial charge in [0.2, 0.25) is 11.2 Å². The molecule has 8 heterocycles. The van der Waals surface area contributed by atoms with E-state index in [1.54, 1.807) is 31.2 Å². The van der Waals surface area contributed by atoms with Gasteiger partial charge in [0.05, 0.1) is 45.7 Å². The van der Waals surface area contributed by atoms with Gasteiger partial charge in [-0.3, -0.25) is 38.7 Å². The number of hydrogen-bond donors (Lipinski definition) is 0. The Hall–Kier alpha value is -8.68. The maximum atomic E-state index is 14.8. The fourth-order valence-corrected chi connectivity index (χ4v) is 14.6. The number of hydrogen-bond acceptors (Lipinski definition) is 18. The number of ether oxygens (including phenoxy) is 6. The van der Waals surface area contributed by atoms with Gasteiger partial charge in [-0.1, -0.05) is 43.7 Å². The summed E-state index contributed by atoms with van der Waals surface area (Å²) in [7, 11) is 0. The Bertz CT molecular complexity index is 4000. The van der Waals surface area contributed by atoms with E-state index in [0.717, 1.165) is 64.0 Å². The molecule has 0 aliphatic carbocycles. The average Bonchev–Trinajstić information content (AvgIpc) is 0.980. The van der Waals surface area contributed by atoms with Crippen LogP contribution in [0.25, 0.3) is 0 Å². The number of carbonyl (C=O) groups excluding carboxylic acids is 6. The van der Waals surface area contributed by atoms with Crippen molar-refractivity contribution in [2.75, 3.05) is 102 Å². The molecule has 580 valence electrons. The van der Waals surface area contributed by atoms with E-state index in [1.807, 2.05) is 34.1 Å². The number of alkyl halides is 12. The second kappa shape index (κ2) is 36.3. The first kappa shape index (κ1) is 84.6. The molecule has 0 bridgehead atoms. The number of thiophene rings is 2. The summed E-state index contributed by atoms with van der Waals surface area (Å²) < 4.78 is 200. The minimum atomic E-state index is -4.89. The smallest absolute Gasteiger partial charge is 0.425 e. The van der Waals surface area contributed by atoms with Gasteiger partial charge in [-0.05, 0) is 62.1 Å². The Morgan fingerprint density at radius 3 is 1.29 bits per heavy atom. The summed E-state index contributed by atoms with van der Waals surface area (Å²) in [6.45, 7) is 10.2. The van der Waals surface area contributed by atoms with Crippen molar-refractivity contribution in [2.24, 2.45) is 0 Å². The topological polar surface area (TPSA) is 203 Å². The van der Waals surface area contributed by atoms with E-state index in [9.17, 15) is 81.5 Å². The first-order valence-corrected chi connectivity index (χ1v) is 34.8. The third-order valence-corrected chi connectivity index (χ3v) is 19.7. The fourth-order valence-electron chi connectivity index (χ4n) is 13.2. The van der Waals surface area contributed by atoms with Gasteiger partial charge in [0.15, 0.2) is 0 Å². The Morgan fingerprint density at radius 1 is 0.547 bits per heavy atom. The molecule has 20 nitrogen and oxygen atoms in total. The molecule has 4 saturated heterocycles. The normalized spacial score (nSPS) is 19.3. The number of anilines is 2. The van der Waals surface area contributed by atoms with Crippen molar-refractivity contribution >= 4 is 69.6 Å². The summed E-state index contributed by atoms with van der Waals surface area (Å²) in [6, 6.07) is 15.0. The molecule has 0 N–H and O–H groups in total. The molecule has 4 aliphatic rings. The number of rotatable bonds is 22. The number of likely N-dealkylation sites (tertiary alicyclic amines) is 2. The van der Waals surface area contributed by atoms with E-state index in [0.29, 0.717) is 78.9 Å². The quantitative estimate of drug-likeness (QED) is 0.0155. The van der Waals surface area contributed by atoms with E-state index < -0.39 is 116 Å². The second-order valence-corrected chi connectivity index (χ2v) is 26.4. The summed E-state index contributed by atoms with van der Waals surface area (Å²) in [6.07, 6.45) is -13.7. The predicted octanol–water partition coefficient (Wildman–Crippen LogP) is 13.6. The van der Waals surface area contributed by atoms with E-state index in [1.165, 1.54) is 34.6 Å². The number of pyridine rings is 2. The van der Waals surface area contributed by atoms with E-state index in [4.69, 9.17) is 28.4 Å². The third kappa shape index (κ3) is 20.1. The standard InChI is InChI=1S/C35H38F6N4O6S.C35H36F6N4O6S.CH3.Pd/c2*1-3-7-29-33(51-24-20-30(52-22-24)35(39,40)41,11-6-13-45(29)31(47)25-21-42-12-10-26(25)34(36,37)38)32(48)44-16-14-43(15-17-44)27-8-4-5-9-28(27)50-19-18-49-23(2)46;;/h4-5,8-10,12,20-22,29H,3,6-7,11,13-19H2,1-2H3;3-5,8-10,12,20-22,29H,1,6-7,11,13-19H2,2H3;1H3;/q;;-1;/t2*29-,33+;;/m11../s1. The van der Waals surface area contributed by atoms with Crippen LogP contribution in [0.15, 0.2) is 121 Å². The molecule has 4 aromatic heterocycles. The van der Waals surface area contributed by atoms with E-state index in [-0.39, 0.29) is 144 Å². The number of para-hydroxylation sites is 4. The van der Waals surface area contributed by atoms with Crippen LogP contribution in [0.3, 0.4) is 0 Å². The van der Waals surface area contributed by atoms with Crippen LogP contribution >= 0.6 is 22.7 Å². The molecule has 10 rings (SSSR count). The molecule has 0 spiro atoms. The van der Waals surface area contributed by atoms with Crippen LogP contribution < -0.4 is 28.7 Å². The van der Waals surface area contributed by atoms with E-state index in [2.05, 4.69) is 16.5 Å². The summed E-state index contributed by atoms with van der Waals surface area (Å²) in [5, 5.41) is 2.25. The largest absolute Gasteiger partial charge is 0.488 e. The number of esters is 2. The Kier molecular flexibility index (Phi) is 28.9. The van der Waals surface area contributed by atoms with Crippen molar-refractivity contribution in [3.05, 3.63) is 160 Å². The Balaban J connectivity index is 0.000000290. The zero-order chi connectivity index (χ0) is 75.4. The molecule has 0 radical (unpaired) electrons. The first-order chi connectivity index (χ1) is 49.3. The molecular weight excluding hydrogens is 1560 g/mol. The van der Waals surface area contributed by atoms with Gasteiger partial charge in [-0.2, -0.15) is 52.7 Å². The SMILES string of the molecule is C=CC[C@H]1N(C(=O)c2cnccc2C(F)(F)F)CCC[C@@]1(Oc1csc(C(F)(F)F)c1)C(=O)N1CCN(c2ccccc2OCCOC(C)=O)CC1.CCC[C@H]1N(C(=O)c2cnccc2C(F)(F)F)CCC[C@@]1(Oc1csc(C(F)(F)F)c1)C(=O)N1CCN(c2ccccc2OCCOC(C)=O)CC1.[CH3-].[Pd]. The molecule has 4 atom stereocenters. The monoisotopic (exact) mass is 1630 g/mol. The van der Waals surface area contributed by atoms with Crippen molar-refractivity contribution in [1.82, 2.24) is 29.6 Å². The molecule has 4 fully saturated rings. The minimum Gasteiger partial charge on any atom is -0.488 e. The number of piperazine rings is 2. The predicted molar refractivity (Wildman–Crippen MR) is 363 cm³/mol. The third-order valence-electron chi connectivity index (χ3n) is 17.8. The molecule has 0 saturated carbocycles. The Morgan fingerprint density at radius 2 is 0.934 bits per heavy atom. The number of halogens is 12. The van der Waals surface area contributed by atoms with Crippen molar-refractivity contribution in [3.63, 3.8) is 0 Å². The van der Waals surface area contributed by atoms with Crippen LogP contribution in [0.1, 0.15) is 107 Å². The van der Waals surface area contributed by atoms with Crippen LogP contribution in [-0.4, -0.2) is 180 Å².